The lowest BCUT2D eigenvalue weighted by atomic mass is 10.1. The van der Waals surface area contributed by atoms with Crippen LogP contribution in [0, 0.1) is 0 Å². The van der Waals surface area contributed by atoms with E-state index >= 15 is 0 Å². The van der Waals surface area contributed by atoms with E-state index in [2.05, 4.69) is 31.9 Å². The van der Waals surface area contributed by atoms with E-state index in [-0.39, 0.29) is 11.8 Å². The Kier molecular flexibility index (Phi) is 11.6. The molecule has 4 aromatic rings. The average molecular weight is 694 g/mol. The first kappa shape index (κ1) is 31.3. The largest absolute Gasteiger partial charge is 0.493 e. The second-order valence-corrected chi connectivity index (χ2v) is 11.3. The molecule has 0 unspecified atom stereocenters. The van der Waals surface area contributed by atoms with E-state index in [1.807, 2.05) is 74.5 Å². The van der Waals surface area contributed by atoms with Crippen LogP contribution >= 0.6 is 31.9 Å². The van der Waals surface area contributed by atoms with Crippen molar-refractivity contribution in [2.75, 3.05) is 26.3 Å². The van der Waals surface area contributed by atoms with Gasteiger partial charge in [0.1, 0.15) is 11.5 Å². The van der Waals surface area contributed by atoms with Crippen molar-refractivity contribution < 1.29 is 19.1 Å². The third kappa shape index (κ3) is 8.46. The molecule has 0 aromatic heterocycles. The summed E-state index contributed by atoms with van der Waals surface area (Å²) in [6, 6.07) is 30.5. The number of ether oxygens (including phenoxy) is 2. The van der Waals surface area contributed by atoms with Crippen molar-refractivity contribution in [3.05, 3.63) is 128 Å². The predicted molar refractivity (Wildman–Crippen MR) is 173 cm³/mol. The number of carbonyl (C=O) groups excluding carboxylic acids is 2. The highest BCUT2D eigenvalue weighted by atomic mass is 79.9. The van der Waals surface area contributed by atoms with Crippen LogP contribution in [0.5, 0.6) is 11.5 Å². The first-order valence-corrected chi connectivity index (χ1v) is 15.5. The second kappa shape index (κ2) is 15.6. The van der Waals surface area contributed by atoms with E-state index in [4.69, 9.17) is 9.47 Å². The standard InChI is InChI=1S/C34H34Br2N2O4/c1-3-41-31-17-15-27(21-29(31)35)33(39)37(23-25-11-7-5-8-12-25)19-20-38(24-26-13-9-6-10-14-26)34(40)28-16-18-32(42-4-2)30(36)22-28/h5-18,21-22H,3-4,19-20,23-24H2,1-2H3. The van der Waals surface area contributed by atoms with Gasteiger partial charge in [-0.1, -0.05) is 60.7 Å². The summed E-state index contributed by atoms with van der Waals surface area (Å²) in [6.45, 7) is 6.40. The van der Waals surface area contributed by atoms with E-state index in [1.165, 1.54) is 0 Å². The maximum absolute atomic E-state index is 13.9. The normalized spacial score (nSPS) is 10.7. The summed E-state index contributed by atoms with van der Waals surface area (Å²) in [5, 5.41) is 0. The first-order chi connectivity index (χ1) is 20.4. The van der Waals surface area contributed by atoms with Crippen molar-refractivity contribution >= 4 is 43.7 Å². The zero-order chi connectivity index (χ0) is 29.9. The highest BCUT2D eigenvalue weighted by molar-refractivity contribution is 9.10. The van der Waals surface area contributed by atoms with Crippen LogP contribution in [-0.2, 0) is 13.1 Å². The Morgan fingerprint density at radius 1 is 0.595 bits per heavy atom. The molecule has 0 bridgehead atoms. The van der Waals surface area contributed by atoms with Crippen molar-refractivity contribution in [2.24, 2.45) is 0 Å². The maximum Gasteiger partial charge on any atom is 0.254 e. The van der Waals surface area contributed by atoms with E-state index in [0.29, 0.717) is 62.0 Å². The zero-order valence-corrected chi connectivity index (χ0v) is 26.9. The summed E-state index contributed by atoms with van der Waals surface area (Å²) >= 11 is 7.07. The van der Waals surface area contributed by atoms with Gasteiger partial charge >= 0.3 is 0 Å². The summed E-state index contributed by atoms with van der Waals surface area (Å²) in [5.74, 6) is 1.12. The van der Waals surface area contributed by atoms with Crippen LogP contribution in [0.4, 0.5) is 0 Å². The molecule has 0 fully saturated rings. The van der Waals surface area contributed by atoms with E-state index in [0.717, 1.165) is 20.1 Å². The third-order valence-corrected chi connectivity index (χ3v) is 7.84. The van der Waals surface area contributed by atoms with Crippen molar-refractivity contribution in [3.8, 4) is 11.5 Å². The summed E-state index contributed by atoms with van der Waals surface area (Å²) in [4.78, 5) is 31.3. The number of nitrogens with zero attached hydrogens (tertiary/aromatic N) is 2. The van der Waals surface area contributed by atoms with Gasteiger partial charge in [-0.25, -0.2) is 0 Å². The van der Waals surface area contributed by atoms with Gasteiger partial charge in [0.2, 0.25) is 0 Å². The van der Waals surface area contributed by atoms with Crippen LogP contribution in [0.1, 0.15) is 45.7 Å². The fraction of sp³-hybridized carbons (Fsp3) is 0.235. The highest BCUT2D eigenvalue weighted by Crippen LogP contribution is 2.28. The quantitative estimate of drug-likeness (QED) is 0.142. The zero-order valence-electron chi connectivity index (χ0n) is 23.8. The first-order valence-electron chi connectivity index (χ1n) is 13.9. The summed E-state index contributed by atoms with van der Waals surface area (Å²) < 4.78 is 12.7. The van der Waals surface area contributed by atoms with Crippen molar-refractivity contribution in [2.45, 2.75) is 26.9 Å². The lowest BCUT2D eigenvalue weighted by molar-refractivity contribution is 0.0644. The van der Waals surface area contributed by atoms with Crippen LogP contribution in [0.3, 0.4) is 0 Å². The van der Waals surface area contributed by atoms with Gasteiger partial charge in [-0.05, 0) is 93.2 Å². The van der Waals surface area contributed by atoms with Gasteiger partial charge in [-0.15, -0.1) is 0 Å². The molecule has 0 N–H and O–H groups in total. The fourth-order valence-electron chi connectivity index (χ4n) is 4.53. The number of benzene rings is 4. The number of rotatable bonds is 13. The monoisotopic (exact) mass is 692 g/mol. The molecule has 0 aliphatic carbocycles. The van der Waals surface area contributed by atoms with Crippen LogP contribution in [0.15, 0.2) is 106 Å². The van der Waals surface area contributed by atoms with Gasteiger partial charge in [0.25, 0.3) is 11.8 Å². The molecular formula is C34H34Br2N2O4. The summed E-state index contributed by atoms with van der Waals surface area (Å²) in [6.07, 6.45) is 0. The number of hydrogen-bond acceptors (Lipinski definition) is 4. The molecule has 0 saturated carbocycles. The minimum Gasteiger partial charge on any atom is -0.493 e. The molecule has 8 heteroatoms. The smallest absolute Gasteiger partial charge is 0.254 e. The van der Waals surface area contributed by atoms with Gasteiger partial charge in [-0.2, -0.15) is 0 Å². The Morgan fingerprint density at radius 3 is 1.31 bits per heavy atom. The van der Waals surface area contributed by atoms with Gasteiger partial charge in [0, 0.05) is 37.3 Å². The lowest BCUT2D eigenvalue weighted by Gasteiger charge is -2.29. The van der Waals surface area contributed by atoms with Gasteiger partial charge in [0.05, 0.1) is 22.2 Å². The molecule has 0 aliphatic rings. The molecule has 4 rings (SSSR count). The van der Waals surface area contributed by atoms with Crippen LogP contribution in [-0.4, -0.2) is 47.9 Å². The van der Waals surface area contributed by atoms with Crippen molar-refractivity contribution in [1.29, 1.82) is 0 Å². The Balaban J connectivity index is 1.61. The highest BCUT2D eigenvalue weighted by Gasteiger charge is 2.22. The minimum atomic E-state index is -0.126. The van der Waals surface area contributed by atoms with Crippen LogP contribution < -0.4 is 9.47 Å². The SMILES string of the molecule is CCOc1ccc(C(=O)N(CCN(Cc2ccccc2)C(=O)c2ccc(OCC)c(Br)c2)Cc2ccccc2)cc1Br. The number of carbonyl (C=O) groups is 2. The third-order valence-electron chi connectivity index (χ3n) is 6.60. The molecule has 0 heterocycles. The number of amides is 2. The van der Waals surface area contributed by atoms with Gasteiger partial charge in [-0.3, -0.25) is 9.59 Å². The predicted octanol–water partition coefficient (Wildman–Crippen LogP) is 7.99. The van der Waals surface area contributed by atoms with Crippen molar-refractivity contribution in [3.63, 3.8) is 0 Å². The molecule has 42 heavy (non-hydrogen) atoms. The molecule has 0 aliphatic heterocycles. The van der Waals surface area contributed by atoms with Gasteiger partial charge < -0.3 is 19.3 Å². The molecular weight excluding hydrogens is 660 g/mol. The summed E-state index contributed by atoms with van der Waals surface area (Å²) in [7, 11) is 0. The topological polar surface area (TPSA) is 59.1 Å². The molecule has 0 spiro atoms. The molecule has 2 amide bonds. The molecule has 0 radical (unpaired) electrons. The fourth-order valence-corrected chi connectivity index (χ4v) is 5.52. The Labute approximate surface area is 264 Å². The lowest BCUT2D eigenvalue weighted by Crippen LogP contribution is -2.40. The number of hydrogen-bond donors (Lipinski definition) is 0. The molecule has 0 atom stereocenters. The van der Waals surface area contributed by atoms with Crippen LogP contribution in [0.2, 0.25) is 0 Å². The summed E-state index contributed by atoms with van der Waals surface area (Å²) in [5.41, 5.74) is 3.09. The van der Waals surface area contributed by atoms with E-state index in [9.17, 15) is 9.59 Å². The van der Waals surface area contributed by atoms with Crippen molar-refractivity contribution in [1.82, 2.24) is 9.80 Å². The Bertz CT molecular complexity index is 1370. The Hall–Kier alpha value is -3.62. The number of halogens is 2. The second-order valence-electron chi connectivity index (χ2n) is 9.58. The maximum atomic E-state index is 13.9. The van der Waals surface area contributed by atoms with E-state index in [1.54, 1.807) is 46.2 Å². The molecule has 4 aromatic carbocycles. The molecule has 218 valence electrons. The Morgan fingerprint density at radius 2 is 0.976 bits per heavy atom. The average Bonchev–Trinajstić information content (AvgIpc) is 3.01. The minimum absolute atomic E-state index is 0.126. The molecule has 6 nitrogen and oxygen atoms in total. The van der Waals surface area contributed by atoms with Gasteiger partial charge in [0.15, 0.2) is 0 Å². The van der Waals surface area contributed by atoms with Crippen LogP contribution in [0.25, 0.3) is 0 Å². The molecule has 0 saturated heterocycles. The van der Waals surface area contributed by atoms with E-state index < -0.39 is 0 Å².